The van der Waals surface area contributed by atoms with E-state index < -0.39 is 17.9 Å². The van der Waals surface area contributed by atoms with E-state index in [1.165, 1.54) is 30.8 Å². The first-order valence-corrected chi connectivity index (χ1v) is 5.86. The van der Waals surface area contributed by atoms with Gasteiger partial charge in [0.25, 0.3) is 0 Å². The smallest absolute Gasteiger partial charge is 0.327 e. The SMILES string of the molecule is CC(=O)NC(CSc1ccc(F)cc1)C(=O)O. The van der Waals surface area contributed by atoms with Gasteiger partial charge in [-0.1, -0.05) is 0 Å². The van der Waals surface area contributed by atoms with Gasteiger partial charge in [-0.15, -0.1) is 11.8 Å². The van der Waals surface area contributed by atoms with Gasteiger partial charge >= 0.3 is 5.97 Å². The Balaban J connectivity index is 2.54. The second kappa shape index (κ2) is 6.24. The van der Waals surface area contributed by atoms with Crippen LogP contribution in [0, 0.1) is 5.82 Å². The summed E-state index contributed by atoms with van der Waals surface area (Å²) < 4.78 is 12.6. The first-order chi connectivity index (χ1) is 7.99. The first kappa shape index (κ1) is 13.5. The molecule has 4 nitrogen and oxygen atoms in total. The Bertz CT molecular complexity index is 408. The van der Waals surface area contributed by atoms with Crippen LogP contribution < -0.4 is 5.32 Å². The number of carboxylic acid groups (broad SMARTS) is 1. The quantitative estimate of drug-likeness (QED) is 0.785. The number of carboxylic acids is 1. The average Bonchev–Trinajstić information content (AvgIpc) is 2.25. The minimum absolute atomic E-state index is 0.195. The second-order valence-corrected chi connectivity index (χ2v) is 4.45. The van der Waals surface area contributed by atoms with Gasteiger partial charge in [-0.3, -0.25) is 4.79 Å². The number of halogens is 1. The van der Waals surface area contributed by atoms with Crippen molar-refractivity contribution in [1.82, 2.24) is 5.32 Å². The molecule has 0 saturated heterocycles. The van der Waals surface area contributed by atoms with Gasteiger partial charge in [-0.25, -0.2) is 9.18 Å². The zero-order valence-electron chi connectivity index (χ0n) is 9.14. The van der Waals surface area contributed by atoms with Crippen molar-refractivity contribution in [1.29, 1.82) is 0 Å². The van der Waals surface area contributed by atoms with Crippen molar-refractivity contribution in [2.75, 3.05) is 5.75 Å². The molecule has 0 aliphatic heterocycles. The third kappa shape index (κ3) is 4.86. The fourth-order valence-corrected chi connectivity index (χ4v) is 2.04. The van der Waals surface area contributed by atoms with Crippen LogP contribution in [-0.2, 0) is 9.59 Å². The number of carbonyl (C=O) groups excluding carboxylic acids is 1. The fraction of sp³-hybridized carbons (Fsp3) is 0.273. The number of benzene rings is 1. The highest BCUT2D eigenvalue weighted by Gasteiger charge is 2.18. The van der Waals surface area contributed by atoms with E-state index >= 15 is 0 Å². The summed E-state index contributed by atoms with van der Waals surface area (Å²) in [7, 11) is 0. The molecule has 1 amide bonds. The van der Waals surface area contributed by atoms with Crippen molar-refractivity contribution in [3.8, 4) is 0 Å². The van der Waals surface area contributed by atoms with Gasteiger partial charge in [0, 0.05) is 17.6 Å². The van der Waals surface area contributed by atoms with Crippen molar-refractivity contribution >= 4 is 23.6 Å². The molecule has 1 unspecified atom stereocenters. The summed E-state index contributed by atoms with van der Waals surface area (Å²) >= 11 is 1.25. The van der Waals surface area contributed by atoms with Gasteiger partial charge < -0.3 is 10.4 Å². The van der Waals surface area contributed by atoms with E-state index in [9.17, 15) is 14.0 Å². The Hall–Kier alpha value is -1.56. The number of hydrogen-bond acceptors (Lipinski definition) is 3. The third-order valence-electron chi connectivity index (χ3n) is 1.91. The number of amides is 1. The summed E-state index contributed by atoms with van der Waals surface area (Å²) in [5.74, 6) is -1.63. The highest BCUT2D eigenvalue weighted by Crippen LogP contribution is 2.18. The fourth-order valence-electron chi connectivity index (χ4n) is 1.13. The Morgan fingerprint density at radius 3 is 2.47 bits per heavy atom. The van der Waals surface area contributed by atoms with E-state index in [0.29, 0.717) is 0 Å². The molecule has 17 heavy (non-hydrogen) atoms. The Morgan fingerprint density at radius 1 is 1.41 bits per heavy atom. The molecule has 1 atom stereocenters. The molecule has 1 rings (SSSR count). The van der Waals surface area contributed by atoms with Gasteiger partial charge in [-0.05, 0) is 24.3 Å². The van der Waals surface area contributed by atoms with Crippen LogP contribution in [0.2, 0.25) is 0 Å². The Kier molecular flexibility index (Phi) is 4.96. The van der Waals surface area contributed by atoms with Gasteiger partial charge in [0.1, 0.15) is 11.9 Å². The molecule has 1 aromatic rings. The number of hydrogen-bond donors (Lipinski definition) is 2. The Labute approximate surface area is 102 Å². The van der Waals surface area contributed by atoms with E-state index in [-0.39, 0.29) is 11.6 Å². The molecule has 0 fully saturated rings. The normalized spacial score (nSPS) is 11.9. The van der Waals surface area contributed by atoms with E-state index in [2.05, 4.69) is 5.32 Å². The maximum absolute atomic E-state index is 12.6. The largest absolute Gasteiger partial charge is 0.480 e. The molecule has 1 aromatic carbocycles. The van der Waals surface area contributed by atoms with Crippen LogP contribution in [0.3, 0.4) is 0 Å². The first-order valence-electron chi connectivity index (χ1n) is 4.87. The summed E-state index contributed by atoms with van der Waals surface area (Å²) in [5, 5.41) is 11.2. The van der Waals surface area contributed by atoms with Crippen molar-refractivity contribution in [3.63, 3.8) is 0 Å². The molecule has 6 heteroatoms. The monoisotopic (exact) mass is 257 g/mol. The number of aliphatic carboxylic acids is 1. The zero-order chi connectivity index (χ0) is 12.8. The molecular formula is C11H12FNO3S. The maximum atomic E-state index is 12.6. The molecule has 0 spiro atoms. The van der Waals surface area contributed by atoms with Gasteiger partial charge in [0.15, 0.2) is 0 Å². The topological polar surface area (TPSA) is 66.4 Å². The molecular weight excluding hydrogens is 245 g/mol. The van der Waals surface area contributed by atoms with Gasteiger partial charge in [0.2, 0.25) is 5.91 Å². The molecule has 92 valence electrons. The molecule has 0 heterocycles. The lowest BCUT2D eigenvalue weighted by atomic mass is 10.3. The number of nitrogens with one attached hydrogen (secondary N) is 1. The molecule has 0 bridgehead atoms. The van der Waals surface area contributed by atoms with Crippen molar-refractivity contribution in [2.45, 2.75) is 17.9 Å². The summed E-state index contributed by atoms with van der Waals surface area (Å²) in [4.78, 5) is 22.4. The molecule has 0 aromatic heterocycles. The third-order valence-corrected chi connectivity index (χ3v) is 3.01. The lowest BCUT2D eigenvalue weighted by Crippen LogP contribution is -2.41. The molecule has 0 aliphatic carbocycles. The van der Waals surface area contributed by atoms with Crippen LogP contribution in [-0.4, -0.2) is 28.8 Å². The Morgan fingerprint density at radius 2 is 2.00 bits per heavy atom. The summed E-state index contributed by atoms with van der Waals surface area (Å²) in [6.45, 7) is 1.26. The van der Waals surface area contributed by atoms with Crippen LogP contribution >= 0.6 is 11.8 Å². The maximum Gasteiger partial charge on any atom is 0.327 e. The van der Waals surface area contributed by atoms with Crippen LogP contribution in [0.15, 0.2) is 29.2 Å². The number of thioether (sulfide) groups is 1. The van der Waals surface area contributed by atoms with E-state index in [1.54, 1.807) is 12.1 Å². The minimum atomic E-state index is -1.09. The average molecular weight is 257 g/mol. The van der Waals surface area contributed by atoms with Crippen LogP contribution in [0.1, 0.15) is 6.92 Å². The second-order valence-electron chi connectivity index (χ2n) is 3.36. The van der Waals surface area contributed by atoms with E-state index in [4.69, 9.17) is 5.11 Å². The molecule has 0 aliphatic rings. The van der Waals surface area contributed by atoms with E-state index in [1.807, 2.05) is 0 Å². The van der Waals surface area contributed by atoms with Crippen molar-refractivity contribution in [3.05, 3.63) is 30.1 Å². The van der Waals surface area contributed by atoms with Gasteiger partial charge in [-0.2, -0.15) is 0 Å². The standard InChI is InChI=1S/C11H12FNO3S/c1-7(14)13-10(11(15)16)6-17-9-4-2-8(12)3-5-9/h2-5,10H,6H2,1H3,(H,13,14)(H,15,16). The molecule has 2 N–H and O–H groups in total. The van der Waals surface area contributed by atoms with Crippen LogP contribution in [0.25, 0.3) is 0 Å². The lowest BCUT2D eigenvalue weighted by molar-refractivity contribution is -0.140. The minimum Gasteiger partial charge on any atom is -0.480 e. The van der Waals surface area contributed by atoms with E-state index in [0.717, 1.165) is 4.90 Å². The lowest BCUT2D eigenvalue weighted by Gasteiger charge is -2.12. The number of carbonyl (C=O) groups is 2. The van der Waals surface area contributed by atoms with Crippen molar-refractivity contribution in [2.24, 2.45) is 0 Å². The zero-order valence-corrected chi connectivity index (χ0v) is 9.96. The number of rotatable bonds is 5. The summed E-state index contributed by atoms with van der Waals surface area (Å²) in [6.07, 6.45) is 0. The predicted molar refractivity (Wildman–Crippen MR) is 62.4 cm³/mol. The van der Waals surface area contributed by atoms with Crippen molar-refractivity contribution < 1.29 is 19.1 Å². The predicted octanol–water partition coefficient (Wildman–Crippen LogP) is 1.51. The van der Waals surface area contributed by atoms with Crippen LogP contribution in [0.4, 0.5) is 4.39 Å². The van der Waals surface area contributed by atoms with Gasteiger partial charge in [0.05, 0.1) is 0 Å². The van der Waals surface area contributed by atoms with Crippen LogP contribution in [0.5, 0.6) is 0 Å². The highest BCUT2D eigenvalue weighted by molar-refractivity contribution is 7.99. The highest BCUT2D eigenvalue weighted by atomic mass is 32.2. The molecule has 0 saturated carbocycles. The summed E-state index contributed by atoms with van der Waals surface area (Å²) in [6, 6.07) is 4.79. The summed E-state index contributed by atoms with van der Waals surface area (Å²) in [5.41, 5.74) is 0. The molecule has 0 radical (unpaired) electrons.